The van der Waals surface area contributed by atoms with E-state index in [0.29, 0.717) is 52.8 Å². The van der Waals surface area contributed by atoms with E-state index in [-0.39, 0.29) is 0 Å². The normalized spacial score (nSPS) is 14.1. The molecule has 0 spiro atoms. The number of hydrogen-bond acceptors (Lipinski definition) is 9. The van der Waals surface area contributed by atoms with Crippen LogP contribution in [0.1, 0.15) is 17.5 Å². The molecule has 0 bridgehead atoms. The molecule has 0 aliphatic carbocycles. The molecule has 3 heterocycles. The van der Waals surface area contributed by atoms with Crippen molar-refractivity contribution >= 4 is 33.2 Å². The molecule has 206 valence electrons. The molecule has 40 heavy (non-hydrogen) atoms. The third-order valence-electron chi connectivity index (χ3n) is 7.06. The number of nitrogens with zero attached hydrogens (tertiary/aromatic N) is 4. The van der Waals surface area contributed by atoms with Crippen LogP contribution >= 0.6 is 0 Å². The summed E-state index contributed by atoms with van der Waals surface area (Å²) in [7, 11) is 5.39. The Morgan fingerprint density at radius 3 is 2.67 bits per heavy atom. The summed E-state index contributed by atoms with van der Waals surface area (Å²) in [5.41, 5.74) is 3.90. The highest BCUT2D eigenvalue weighted by atomic mass is 16.5. The highest BCUT2D eigenvalue weighted by Crippen LogP contribution is 2.38. The minimum atomic E-state index is 0.345. The number of anilines is 2. The maximum absolute atomic E-state index is 9.89. The summed E-state index contributed by atoms with van der Waals surface area (Å²) < 4.78 is 22.7. The van der Waals surface area contributed by atoms with Gasteiger partial charge < -0.3 is 33.7 Å². The van der Waals surface area contributed by atoms with Crippen molar-refractivity contribution in [1.29, 1.82) is 5.26 Å². The summed E-state index contributed by atoms with van der Waals surface area (Å²) >= 11 is 0. The van der Waals surface area contributed by atoms with Crippen molar-refractivity contribution in [2.75, 3.05) is 72.5 Å². The number of nitrogens with one attached hydrogen (secondary N) is 1. The van der Waals surface area contributed by atoms with Crippen LogP contribution in [0.3, 0.4) is 0 Å². The van der Waals surface area contributed by atoms with Gasteiger partial charge in [0.05, 0.1) is 42.4 Å². The molecular weight excluding hydrogens is 506 g/mol. The average Bonchev–Trinajstić information content (AvgIpc) is 3.48. The molecule has 0 saturated carbocycles. The molecule has 0 radical (unpaired) electrons. The third kappa shape index (κ3) is 5.98. The number of fused-ring (bicyclic) bond motifs is 2. The maximum atomic E-state index is 9.89. The van der Waals surface area contributed by atoms with E-state index >= 15 is 0 Å². The van der Waals surface area contributed by atoms with Gasteiger partial charge in [-0.1, -0.05) is 11.8 Å². The number of furan rings is 1. The van der Waals surface area contributed by atoms with Crippen molar-refractivity contribution in [3.05, 3.63) is 53.9 Å². The monoisotopic (exact) mass is 539 g/mol. The Morgan fingerprint density at radius 2 is 1.90 bits per heavy atom. The standard InChI is InChI=1S/C31H33N5O4/c1-35-11-13-36(14-12-35)10-5-16-39-29-19-27-25(18-28(29)38-3)30(23(20-32)21-33-27)34-26-8-7-22(6-4-15-37-2)24-9-17-40-31(24)26/h7-9,17-19,21H,5,10-16H2,1-3H3,(H,33,34). The van der Waals surface area contributed by atoms with Crippen LogP contribution in [0.15, 0.2) is 47.2 Å². The van der Waals surface area contributed by atoms with Crippen LogP contribution in [0.4, 0.5) is 11.4 Å². The lowest BCUT2D eigenvalue weighted by Crippen LogP contribution is -2.44. The Morgan fingerprint density at radius 1 is 1.05 bits per heavy atom. The van der Waals surface area contributed by atoms with Crippen molar-refractivity contribution in [3.63, 3.8) is 0 Å². The van der Waals surface area contributed by atoms with Crippen molar-refractivity contribution in [2.45, 2.75) is 6.42 Å². The number of likely N-dealkylation sites (N-methyl/N-ethyl adjacent to an activating group) is 1. The zero-order valence-corrected chi connectivity index (χ0v) is 23.1. The molecule has 1 aliphatic rings. The van der Waals surface area contributed by atoms with Gasteiger partial charge in [0.2, 0.25) is 0 Å². The van der Waals surface area contributed by atoms with Crippen LogP contribution in [0, 0.1) is 23.2 Å². The molecule has 4 aromatic rings. The van der Waals surface area contributed by atoms with Crippen molar-refractivity contribution in [2.24, 2.45) is 0 Å². The molecule has 9 nitrogen and oxygen atoms in total. The fourth-order valence-corrected chi connectivity index (χ4v) is 4.84. The van der Waals surface area contributed by atoms with Crippen molar-refractivity contribution in [3.8, 4) is 29.4 Å². The minimum Gasteiger partial charge on any atom is -0.493 e. The quantitative estimate of drug-likeness (QED) is 0.241. The van der Waals surface area contributed by atoms with Gasteiger partial charge in [0.25, 0.3) is 0 Å². The van der Waals surface area contributed by atoms with Gasteiger partial charge in [-0.25, -0.2) is 0 Å². The summed E-state index contributed by atoms with van der Waals surface area (Å²) in [5.74, 6) is 7.32. The number of nitriles is 1. The van der Waals surface area contributed by atoms with Crippen LogP contribution in [0.2, 0.25) is 0 Å². The van der Waals surface area contributed by atoms with Crippen LogP contribution in [-0.2, 0) is 4.74 Å². The smallest absolute Gasteiger partial charge is 0.163 e. The van der Waals surface area contributed by atoms with Gasteiger partial charge in [0.1, 0.15) is 12.7 Å². The van der Waals surface area contributed by atoms with Gasteiger partial charge in [-0.2, -0.15) is 5.26 Å². The maximum Gasteiger partial charge on any atom is 0.163 e. The molecule has 1 N–H and O–H groups in total. The van der Waals surface area contributed by atoms with Gasteiger partial charge in [-0.3, -0.25) is 4.98 Å². The summed E-state index contributed by atoms with van der Waals surface area (Å²) in [6.45, 7) is 6.30. The fraction of sp³-hybridized carbons (Fsp3) is 0.355. The number of piperazine rings is 1. The van der Waals surface area contributed by atoms with Gasteiger partial charge in [-0.05, 0) is 37.7 Å². The summed E-state index contributed by atoms with van der Waals surface area (Å²) in [4.78, 5) is 9.37. The topological polar surface area (TPSA) is 96.0 Å². The van der Waals surface area contributed by atoms with Gasteiger partial charge in [-0.15, -0.1) is 0 Å². The Hall–Kier alpha value is -4.28. The van der Waals surface area contributed by atoms with E-state index in [1.54, 1.807) is 26.7 Å². The van der Waals surface area contributed by atoms with E-state index in [1.165, 1.54) is 0 Å². The molecule has 0 unspecified atom stereocenters. The third-order valence-corrected chi connectivity index (χ3v) is 7.06. The molecule has 0 atom stereocenters. The molecule has 1 saturated heterocycles. The zero-order chi connectivity index (χ0) is 27.9. The van der Waals surface area contributed by atoms with Crippen molar-refractivity contribution in [1.82, 2.24) is 14.8 Å². The van der Waals surface area contributed by atoms with E-state index in [9.17, 15) is 5.26 Å². The number of ether oxygens (including phenoxy) is 3. The SMILES string of the molecule is COCC#Cc1ccc(Nc2c(C#N)cnc3cc(OCCCN4CCN(C)CC4)c(OC)cc23)c2occc12. The summed E-state index contributed by atoms with van der Waals surface area (Å²) in [6, 6.07) is 11.7. The molecule has 0 amide bonds. The van der Waals surface area contributed by atoms with E-state index < -0.39 is 0 Å². The molecule has 1 aliphatic heterocycles. The average molecular weight is 540 g/mol. The fourth-order valence-electron chi connectivity index (χ4n) is 4.84. The number of pyridine rings is 1. The van der Waals surface area contributed by atoms with Crippen LogP contribution < -0.4 is 14.8 Å². The Balaban J connectivity index is 1.40. The molecular formula is C31H33N5O4. The molecule has 2 aromatic heterocycles. The highest BCUT2D eigenvalue weighted by Gasteiger charge is 2.17. The number of methoxy groups -OCH3 is 2. The molecule has 9 heteroatoms. The van der Waals surface area contributed by atoms with Gasteiger partial charge in [0.15, 0.2) is 17.1 Å². The number of hydrogen-bond donors (Lipinski definition) is 1. The Kier molecular flexibility index (Phi) is 8.68. The largest absolute Gasteiger partial charge is 0.493 e. The zero-order valence-electron chi connectivity index (χ0n) is 23.1. The van der Waals surface area contributed by atoms with Crippen LogP contribution in [0.25, 0.3) is 21.9 Å². The van der Waals surface area contributed by atoms with E-state index in [0.717, 1.165) is 55.5 Å². The first-order valence-electron chi connectivity index (χ1n) is 13.3. The number of aromatic nitrogens is 1. The Labute approximate surface area is 234 Å². The first-order chi connectivity index (χ1) is 19.6. The summed E-state index contributed by atoms with van der Waals surface area (Å²) in [5, 5.41) is 14.9. The van der Waals surface area contributed by atoms with E-state index in [4.69, 9.17) is 18.6 Å². The first kappa shape index (κ1) is 27.3. The second-order valence-corrected chi connectivity index (χ2v) is 9.71. The first-order valence-corrected chi connectivity index (χ1v) is 13.3. The molecule has 5 rings (SSSR count). The van der Waals surface area contributed by atoms with E-state index in [2.05, 4.69) is 45.1 Å². The van der Waals surface area contributed by atoms with Crippen molar-refractivity contribution < 1.29 is 18.6 Å². The minimum absolute atomic E-state index is 0.345. The predicted octanol–water partition coefficient (Wildman–Crippen LogP) is 4.62. The van der Waals surface area contributed by atoms with E-state index in [1.807, 2.05) is 30.3 Å². The lowest BCUT2D eigenvalue weighted by Gasteiger charge is -2.32. The number of benzene rings is 2. The lowest BCUT2D eigenvalue weighted by atomic mass is 10.1. The molecule has 2 aromatic carbocycles. The van der Waals surface area contributed by atoms with Gasteiger partial charge >= 0.3 is 0 Å². The van der Waals surface area contributed by atoms with Crippen LogP contribution in [0.5, 0.6) is 11.5 Å². The number of rotatable bonds is 9. The lowest BCUT2D eigenvalue weighted by molar-refractivity contribution is 0.145. The van der Waals surface area contributed by atoms with Gasteiger partial charge in [0, 0.05) is 68.4 Å². The van der Waals surface area contributed by atoms with Crippen LogP contribution in [-0.4, -0.2) is 82.0 Å². The second kappa shape index (κ2) is 12.7. The second-order valence-electron chi connectivity index (χ2n) is 9.71. The predicted molar refractivity (Wildman–Crippen MR) is 155 cm³/mol. The summed E-state index contributed by atoms with van der Waals surface area (Å²) in [6.07, 6.45) is 4.12. The highest BCUT2D eigenvalue weighted by molar-refractivity contribution is 6.01. The Bertz CT molecular complexity index is 1590. The molecule has 1 fully saturated rings.